The first kappa shape index (κ1) is 11.5. The van der Waals surface area contributed by atoms with Gasteiger partial charge in [0.05, 0.1) is 14.2 Å². The second kappa shape index (κ2) is 5.37. The third-order valence-electron chi connectivity index (χ3n) is 2.45. The maximum Gasteiger partial charge on any atom is 0.176 e. The molecule has 0 aromatic heterocycles. The SMILES string of the molecule is COOc1cc(OC)ccc1-c1ccccc1. The minimum atomic E-state index is 0.637. The first-order valence-electron chi connectivity index (χ1n) is 5.29. The van der Waals surface area contributed by atoms with Gasteiger partial charge in [0, 0.05) is 11.6 Å². The summed E-state index contributed by atoms with van der Waals surface area (Å²) in [5.41, 5.74) is 2.04. The molecule has 3 heteroatoms. The Morgan fingerprint density at radius 1 is 0.882 bits per heavy atom. The van der Waals surface area contributed by atoms with Crippen molar-refractivity contribution in [1.82, 2.24) is 0 Å². The lowest BCUT2D eigenvalue weighted by atomic mass is 10.0. The summed E-state index contributed by atoms with van der Waals surface area (Å²) in [4.78, 5) is 9.89. The molecule has 2 rings (SSSR count). The van der Waals surface area contributed by atoms with Crippen LogP contribution in [0.25, 0.3) is 11.1 Å². The third-order valence-corrected chi connectivity index (χ3v) is 2.45. The molecule has 0 N–H and O–H groups in total. The predicted molar refractivity (Wildman–Crippen MR) is 66.1 cm³/mol. The van der Waals surface area contributed by atoms with Crippen molar-refractivity contribution < 1.29 is 14.5 Å². The lowest BCUT2D eigenvalue weighted by Crippen LogP contribution is -1.94. The highest BCUT2D eigenvalue weighted by molar-refractivity contribution is 5.71. The summed E-state index contributed by atoms with van der Waals surface area (Å²) in [5, 5.41) is 0. The molecule has 17 heavy (non-hydrogen) atoms. The summed E-state index contributed by atoms with van der Waals surface area (Å²) in [5.74, 6) is 1.37. The fraction of sp³-hybridized carbons (Fsp3) is 0.143. The van der Waals surface area contributed by atoms with Crippen molar-refractivity contribution in [2.75, 3.05) is 14.2 Å². The molecule has 88 valence electrons. The van der Waals surface area contributed by atoms with Crippen molar-refractivity contribution >= 4 is 0 Å². The average Bonchev–Trinajstić information content (AvgIpc) is 2.40. The second-order valence-electron chi connectivity index (χ2n) is 3.48. The zero-order chi connectivity index (χ0) is 12.1. The van der Waals surface area contributed by atoms with Crippen LogP contribution < -0.4 is 9.62 Å². The molecule has 0 amide bonds. The van der Waals surface area contributed by atoms with Crippen LogP contribution in [-0.2, 0) is 4.89 Å². The van der Waals surface area contributed by atoms with Gasteiger partial charge in [-0.1, -0.05) is 30.3 Å². The van der Waals surface area contributed by atoms with Crippen molar-refractivity contribution in [3.63, 3.8) is 0 Å². The summed E-state index contributed by atoms with van der Waals surface area (Å²) in [6.07, 6.45) is 0. The fourth-order valence-corrected chi connectivity index (χ4v) is 1.64. The van der Waals surface area contributed by atoms with Crippen molar-refractivity contribution in [3.8, 4) is 22.6 Å². The first-order chi connectivity index (χ1) is 8.35. The van der Waals surface area contributed by atoms with Crippen LogP contribution in [0.1, 0.15) is 0 Å². The smallest absolute Gasteiger partial charge is 0.176 e. The van der Waals surface area contributed by atoms with Gasteiger partial charge in [0.25, 0.3) is 0 Å². The molecule has 2 aromatic carbocycles. The molecule has 0 spiro atoms. The summed E-state index contributed by atoms with van der Waals surface area (Å²) >= 11 is 0. The van der Waals surface area contributed by atoms with Gasteiger partial charge in [0.1, 0.15) is 5.75 Å². The van der Waals surface area contributed by atoms with Crippen molar-refractivity contribution in [3.05, 3.63) is 48.5 Å². The summed E-state index contributed by atoms with van der Waals surface area (Å²) < 4.78 is 5.16. The van der Waals surface area contributed by atoms with Gasteiger partial charge in [-0.15, -0.1) is 0 Å². The Morgan fingerprint density at radius 3 is 2.29 bits per heavy atom. The molecule has 0 aliphatic heterocycles. The highest BCUT2D eigenvalue weighted by Crippen LogP contribution is 2.33. The molecule has 0 aliphatic carbocycles. The predicted octanol–water partition coefficient (Wildman–Crippen LogP) is 3.30. The van der Waals surface area contributed by atoms with Crippen LogP contribution in [0.15, 0.2) is 48.5 Å². The Balaban J connectivity index is 2.46. The van der Waals surface area contributed by atoms with E-state index in [1.807, 2.05) is 42.5 Å². The van der Waals surface area contributed by atoms with E-state index in [4.69, 9.17) is 14.5 Å². The van der Waals surface area contributed by atoms with Crippen LogP contribution >= 0.6 is 0 Å². The quantitative estimate of drug-likeness (QED) is 0.595. The lowest BCUT2D eigenvalue weighted by Gasteiger charge is -2.10. The lowest BCUT2D eigenvalue weighted by molar-refractivity contribution is -0.177. The fourth-order valence-electron chi connectivity index (χ4n) is 1.64. The van der Waals surface area contributed by atoms with E-state index >= 15 is 0 Å². The summed E-state index contributed by atoms with van der Waals surface area (Å²) in [6.45, 7) is 0. The molecule has 2 aromatic rings. The van der Waals surface area contributed by atoms with E-state index in [1.54, 1.807) is 13.2 Å². The van der Waals surface area contributed by atoms with Crippen molar-refractivity contribution in [2.45, 2.75) is 0 Å². The average molecular weight is 230 g/mol. The molecule has 0 unspecified atom stereocenters. The minimum Gasteiger partial charge on any atom is -0.497 e. The Morgan fingerprint density at radius 2 is 1.65 bits per heavy atom. The van der Waals surface area contributed by atoms with E-state index in [9.17, 15) is 0 Å². The largest absolute Gasteiger partial charge is 0.497 e. The molecule has 0 bridgehead atoms. The molecule has 0 atom stereocenters. The van der Waals surface area contributed by atoms with Crippen molar-refractivity contribution in [2.24, 2.45) is 0 Å². The van der Waals surface area contributed by atoms with Gasteiger partial charge in [-0.05, 0) is 17.7 Å². The van der Waals surface area contributed by atoms with Gasteiger partial charge < -0.3 is 9.62 Å². The molecule has 0 radical (unpaired) electrons. The van der Waals surface area contributed by atoms with Gasteiger partial charge in [-0.3, -0.25) is 0 Å². The molecule has 3 nitrogen and oxygen atoms in total. The highest BCUT2D eigenvalue weighted by atomic mass is 17.2. The summed E-state index contributed by atoms with van der Waals surface area (Å²) in [7, 11) is 3.10. The van der Waals surface area contributed by atoms with Gasteiger partial charge >= 0.3 is 0 Å². The van der Waals surface area contributed by atoms with Crippen LogP contribution in [0.2, 0.25) is 0 Å². The standard InChI is InChI=1S/C14H14O3/c1-15-12-8-9-13(14(10-12)17-16-2)11-6-4-3-5-7-11/h3-10H,1-2H3. The zero-order valence-electron chi connectivity index (χ0n) is 9.84. The van der Waals surface area contributed by atoms with Gasteiger partial charge in [0.15, 0.2) is 5.75 Å². The maximum atomic E-state index is 5.16. The molecule has 0 saturated carbocycles. The number of ether oxygens (including phenoxy) is 1. The molecular weight excluding hydrogens is 216 g/mol. The number of rotatable bonds is 4. The molecule has 0 fully saturated rings. The van der Waals surface area contributed by atoms with Gasteiger partial charge in [0.2, 0.25) is 0 Å². The van der Waals surface area contributed by atoms with E-state index in [0.29, 0.717) is 5.75 Å². The molecule has 0 aliphatic rings. The summed E-state index contributed by atoms with van der Waals surface area (Å²) in [6, 6.07) is 15.6. The minimum absolute atomic E-state index is 0.637. The van der Waals surface area contributed by atoms with Crippen molar-refractivity contribution in [1.29, 1.82) is 0 Å². The van der Waals surface area contributed by atoms with E-state index < -0.39 is 0 Å². The van der Waals surface area contributed by atoms with Gasteiger partial charge in [-0.25, -0.2) is 0 Å². The number of methoxy groups -OCH3 is 1. The van der Waals surface area contributed by atoms with E-state index in [0.717, 1.165) is 16.9 Å². The van der Waals surface area contributed by atoms with Crippen LogP contribution in [0, 0.1) is 0 Å². The highest BCUT2D eigenvalue weighted by Gasteiger charge is 2.08. The Labute approximate surface area is 100 Å². The Kier molecular flexibility index (Phi) is 3.62. The Bertz CT molecular complexity index is 480. The van der Waals surface area contributed by atoms with E-state index in [-0.39, 0.29) is 0 Å². The number of benzene rings is 2. The first-order valence-corrected chi connectivity index (χ1v) is 5.29. The third kappa shape index (κ3) is 2.57. The molecule has 0 saturated heterocycles. The number of hydrogen-bond acceptors (Lipinski definition) is 3. The topological polar surface area (TPSA) is 27.7 Å². The van der Waals surface area contributed by atoms with Crippen LogP contribution in [0.3, 0.4) is 0 Å². The normalized spacial score (nSPS) is 10.0. The second-order valence-corrected chi connectivity index (χ2v) is 3.48. The van der Waals surface area contributed by atoms with E-state index in [2.05, 4.69) is 0 Å². The van der Waals surface area contributed by atoms with Crippen LogP contribution in [0.4, 0.5) is 0 Å². The van der Waals surface area contributed by atoms with Crippen LogP contribution in [-0.4, -0.2) is 14.2 Å². The van der Waals surface area contributed by atoms with Crippen LogP contribution in [0.5, 0.6) is 11.5 Å². The molecule has 0 heterocycles. The maximum absolute atomic E-state index is 5.16. The monoisotopic (exact) mass is 230 g/mol. The van der Waals surface area contributed by atoms with Gasteiger partial charge in [-0.2, -0.15) is 4.89 Å². The zero-order valence-corrected chi connectivity index (χ0v) is 9.84. The Hall–Kier alpha value is -2.00. The van der Waals surface area contributed by atoms with E-state index in [1.165, 1.54) is 7.11 Å². The number of hydrogen-bond donors (Lipinski definition) is 0. The molecular formula is C14H14O3.